The van der Waals surface area contributed by atoms with E-state index in [2.05, 4.69) is 23.1 Å². The van der Waals surface area contributed by atoms with Gasteiger partial charge in [-0.25, -0.2) is 9.69 Å². The summed E-state index contributed by atoms with van der Waals surface area (Å²) < 4.78 is 0. The lowest BCUT2D eigenvalue weighted by atomic mass is 10.0. The average molecular weight is 347 g/mol. The molecule has 0 saturated carbocycles. The number of imide groups is 1. The topological polar surface area (TPSA) is 43.9 Å². The molecule has 1 saturated heterocycles. The summed E-state index contributed by atoms with van der Waals surface area (Å²) >= 11 is 0. The van der Waals surface area contributed by atoms with Crippen molar-refractivity contribution >= 4 is 18.0 Å². The number of hydrogen-bond donors (Lipinski definition) is 0. The van der Waals surface area contributed by atoms with Crippen LogP contribution in [0.25, 0.3) is 6.08 Å². The van der Waals surface area contributed by atoms with Crippen molar-refractivity contribution in [1.29, 1.82) is 0 Å². The Morgan fingerprint density at radius 1 is 0.885 bits per heavy atom. The molecule has 2 aromatic rings. The van der Waals surface area contributed by atoms with E-state index in [-0.39, 0.29) is 18.5 Å². The van der Waals surface area contributed by atoms with Crippen LogP contribution in [0.1, 0.15) is 16.7 Å². The predicted octanol–water partition coefficient (Wildman–Crippen LogP) is 2.94. The Hall–Kier alpha value is -2.92. The lowest BCUT2D eigenvalue weighted by Crippen LogP contribution is -2.43. The molecule has 4 rings (SSSR count). The van der Waals surface area contributed by atoms with Crippen LogP contribution in [-0.2, 0) is 17.8 Å². The molecule has 0 spiro atoms. The highest BCUT2D eigenvalue weighted by Gasteiger charge is 2.36. The number of amides is 3. The van der Waals surface area contributed by atoms with Gasteiger partial charge in [-0.2, -0.15) is 0 Å². The second-order valence-corrected chi connectivity index (χ2v) is 6.67. The minimum absolute atomic E-state index is 0.104. The molecule has 2 aliphatic rings. The summed E-state index contributed by atoms with van der Waals surface area (Å²) in [5.41, 5.74) is 3.63. The maximum absolute atomic E-state index is 12.6. The minimum atomic E-state index is -0.249. The van der Waals surface area contributed by atoms with E-state index in [0.29, 0.717) is 6.67 Å². The Bertz CT molecular complexity index is 847. The van der Waals surface area contributed by atoms with Crippen molar-refractivity contribution in [3.63, 3.8) is 0 Å². The van der Waals surface area contributed by atoms with Gasteiger partial charge in [0.1, 0.15) is 6.54 Å². The summed E-state index contributed by atoms with van der Waals surface area (Å²) in [6.07, 6.45) is 4.50. The molecule has 2 heterocycles. The van der Waals surface area contributed by atoms with Gasteiger partial charge < -0.3 is 0 Å². The maximum Gasteiger partial charge on any atom is 0.332 e. The Morgan fingerprint density at radius 2 is 1.62 bits per heavy atom. The summed E-state index contributed by atoms with van der Waals surface area (Å²) in [5.74, 6) is -0.147. The molecular weight excluding hydrogens is 326 g/mol. The Kier molecular flexibility index (Phi) is 4.54. The molecule has 0 aliphatic carbocycles. The average Bonchev–Trinajstić information content (AvgIpc) is 2.94. The highest BCUT2D eigenvalue weighted by Crippen LogP contribution is 2.20. The molecule has 0 bridgehead atoms. The summed E-state index contributed by atoms with van der Waals surface area (Å²) in [5, 5.41) is 0. The minimum Gasteiger partial charge on any atom is -0.291 e. The van der Waals surface area contributed by atoms with Gasteiger partial charge in [-0.3, -0.25) is 14.6 Å². The van der Waals surface area contributed by atoms with E-state index in [1.54, 1.807) is 6.20 Å². The van der Waals surface area contributed by atoms with Crippen molar-refractivity contribution in [3.8, 4) is 0 Å². The van der Waals surface area contributed by atoms with Crippen molar-refractivity contribution in [2.24, 2.45) is 0 Å². The summed E-state index contributed by atoms with van der Waals surface area (Å²) in [4.78, 5) is 29.9. The van der Waals surface area contributed by atoms with Crippen LogP contribution in [0.4, 0.5) is 4.79 Å². The van der Waals surface area contributed by atoms with Crippen molar-refractivity contribution in [2.75, 3.05) is 19.8 Å². The molecule has 5 heteroatoms. The SMILES string of the molecule is O=C1CN(C=Cc2ccccc2)C(=O)N1CN1CCc2ccccc2C1. The van der Waals surface area contributed by atoms with Crippen LogP contribution in [0.15, 0.2) is 60.8 Å². The smallest absolute Gasteiger partial charge is 0.291 e. The number of carbonyl (C=O) groups excluding carboxylic acids is 2. The maximum atomic E-state index is 12.6. The number of rotatable bonds is 4. The van der Waals surface area contributed by atoms with Crippen molar-refractivity contribution in [2.45, 2.75) is 13.0 Å². The highest BCUT2D eigenvalue weighted by molar-refractivity contribution is 6.02. The van der Waals surface area contributed by atoms with Gasteiger partial charge in [-0.05, 0) is 29.2 Å². The first-order valence-electron chi connectivity index (χ1n) is 8.84. The van der Waals surface area contributed by atoms with Gasteiger partial charge in [0.05, 0.1) is 6.67 Å². The largest absolute Gasteiger partial charge is 0.332 e. The number of urea groups is 1. The number of fused-ring (bicyclic) bond motifs is 1. The van der Waals surface area contributed by atoms with E-state index >= 15 is 0 Å². The zero-order valence-electron chi connectivity index (χ0n) is 14.5. The van der Waals surface area contributed by atoms with Crippen LogP contribution in [0.5, 0.6) is 0 Å². The normalized spacial score (nSPS) is 18.0. The molecule has 2 aromatic carbocycles. The fourth-order valence-corrected chi connectivity index (χ4v) is 3.43. The molecule has 0 atom stereocenters. The monoisotopic (exact) mass is 347 g/mol. The second-order valence-electron chi connectivity index (χ2n) is 6.67. The third-order valence-electron chi connectivity index (χ3n) is 4.88. The van der Waals surface area contributed by atoms with Gasteiger partial charge in [0.25, 0.3) is 5.91 Å². The third kappa shape index (κ3) is 3.39. The Morgan fingerprint density at radius 3 is 2.42 bits per heavy atom. The lowest BCUT2D eigenvalue weighted by Gasteiger charge is -2.31. The van der Waals surface area contributed by atoms with Gasteiger partial charge in [0.2, 0.25) is 0 Å². The Labute approximate surface area is 153 Å². The molecular formula is C21H21N3O2. The van der Waals surface area contributed by atoms with Crippen LogP contribution in [-0.4, -0.2) is 46.4 Å². The van der Waals surface area contributed by atoms with E-state index < -0.39 is 0 Å². The van der Waals surface area contributed by atoms with E-state index in [1.807, 2.05) is 42.5 Å². The quantitative estimate of drug-likeness (QED) is 0.799. The van der Waals surface area contributed by atoms with Crippen LogP contribution >= 0.6 is 0 Å². The molecule has 0 radical (unpaired) electrons. The fraction of sp³-hybridized carbons (Fsp3) is 0.238. The first kappa shape index (κ1) is 16.5. The van der Waals surface area contributed by atoms with Gasteiger partial charge in [-0.15, -0.1) is 0 Å². The lowest BCUT2D eigenvalue weighted by molar-refractivity contribution is -0.126. The number of nitrogens with zero attached hydrogens (tertiary/aromatic N) is 3. The first-order valence-corrected chi connectivity index (χ1v) is 8.84. The molecule has 3 amide bonds. The molecule has 5 nitrogen and oxygen atoms in total. The highest BCUT2D eigenvalue weighted by atomic mass is 16.2. The second kappa shape index (κ2) is 7.14. The molecule has 1 fully saturated rings. The molecule has 132 valence electrons. The first-order chi connectivity index (χ1) is 12.7. The van der Waals surface area contributed by atoms with E-state index in [1.165, 1.54) is 20.9 Å². The summed E-state index contributed by atoms with van der Waals surface area (Å²) in [7, 11) is 0. The van der Waals surface area contributed by atoms with E-state index in [9.17, 15) is 9.59 Å². The zero-order valence-corrected chi connectivity index (χ0v) is 14.5. The fourth-order valence-electron chi connectivity index (χ4n) is 3.43. The van der Waals surface area contributed by atoms with Crippen LogP contribution in [0.2, 0.25) is 0 Å². The van der Waals surface area contributed by atoms with Crippen LogP contribution < -0.4 is 0 Å². The zero-order chi connectivity index (χ0) is 17.9. The summed E-state index contributed by atoms with van der Waals surface area (Å²) in [6, 6.07) is 17.8. The van der Waals surface area contributed by atoms with Gasteiger partial charge in [0.15, 0.2) is 0 Å². The predicted molar refractivity (Wildman–Crippen MR) is 99.8 cm³/mol. The molecule has 0 aromatic heterocycles. The van der Waals surface area contributed by atoms with Crippen LogP contribution in [0.3, 0.4) is 0 Å². The van der Waals surface area contributed by atoms with Crippen molar-refractivity contribution < 1.29 is 9.59 Å². The molecule has 0 unspecified atom stereocenters. The number of benzene rings is 2. The third-order valence-corrected chi connectivity index (χ3v) is 4.88. The van der Waals surface area contributed by atoms with E-state index in [0.717, 1.165) is 25.1 Å². The van der Waals surface area contributed by atoms with E-state index in [4.69, 9.17) is 0 Å². The molecule has 0 N–H and O–H groups in total. The van der Waals surface area contributed by atoms with Crippen molar-refractivity contribution in [3.05, 3.63) is 77.5 Å². The molecule has 2 aliphatic heterocycles. The van der Waals surface area contributed by atoms with Gasteiger partial charge >= 0.3 is 6.03 Å². The standard InChI is InChI=1S/C21H21N3O2/c25-20-15-23(13-10-17-6-2-1-3-7-17)21(26)24(20)16-22-12-11-18-8-4-5-9-19(18)14-22/h1-10,13H,11-12,14-16H2. The summed E-state index contributed by atoms with van der Waals surface area (Å²) in [6.45, 7) is 2.08. The Balaban J connectivity index is 1.41. The van der Waals surface area contributed by atoms with Gasteiger partial charge in [-0.1, -0.05) is 54.6 Å². The number of carbonyl (C=O) groups is 2. The number of hydrogen-bond acceptors (Lipinski definition) is 3. The van der Waals surface area contributed by atoms with Gasteiger partial charge in [0, 0.05) is 19.3 Å². The van der Waals surface area contributed by atoms with Crippen molar-refractivity contribution in [1.82, 2.24) is 14.7 Å². The molecule has 26 heavy (non-hydrogen) atoms. The van der Waals surface area contributed by atoms with Crippen LogP contribution in [0, 0.1) is 0 Å².